The summed E-state index contributed by atoms with van der Waals surface area (Å²) in [5.41, 5.74) is 12.8. The third kappa shape index (κ3) is 3.31. The van der Waals surface area contributed by atoms with Gasteiger partial charge in [-0.3, -0.25) is 4.79 Å². The number of nitrogens with zero attached hydrogens (tertiary/aromatic N) is 4. The maximum absolute atomic E-state index is 12.3. The molecule has 3 rings (SSSR count). The van der Waals surface area contributed by atoms with Crippen LogP contribution in [0.15, 0.2) is 18.2 Å². The van der Waals surface area contributed by atoms with Crippen molar-refractivity contribution in [2.45, 2.75) is 20.0 Å². The van der Waals surface area contributed by atoms with Crippen molar-refractivity contribution in [1.29, 1.82) is 0 Å². The highest BCUT2D eigenvalue weighted by atomic mass is 35.5. The van der Waals surface area contributed by atoms with Crippen LogP contribution in [0, 0.1) is 0 Å². The summed E-state index contributed by atoms with van der Waals surface area (Å²) in [6.07, 6.45) is 0. The highest BCUT2D eigenvalue weighted by molar-refractivity contribution is 6.32. The summed E-state index contributed by atoms with van der Waals surface area (Å²) in [6.45, 7) is 2.84. The zero-order valence-corrected chi connectivity index (χ0v) is 14.8. The minimum Gasteiger partial charge on any atom is -0.382 e. The van der Waals surface area contributed by atoms with E-state index < -0.39 is 5.91 Å². The topological polar surface area (TPSA) is 125 Å². The number of hydrogen-bond donors (Lipinski definition) is 3. The van der Waals surface area contributed by atoms with E-state index in [1.807, 2.05) is 23.6 Å². The first-order valence-corrected chi connectivity index (χ1v) is 8.17. The Balaban J connectivity index is 1.85. The average Bonchev–Trinajstić information content (AvgIpc) is 2.92. The first-order valence-electron chi connectivity index (χ1n) is 7.42. The molecule has 5 N–H and O–H groups in total. The molecule has 0 aliphatic rings. The van der Waals surface area contributed by atoms with Crippen LogP contribution in [0.1, 0.15) is 23.2 Å². The Morgan fingerprint density at radius 2 is 1.96 bits per heavy atom. The molecule has 2 aromatic heterocycles. The number of amides is 1. The summed E-state index contributed by atoms with van der Waals surface area (Å²) in [7, 11) is 0. The normalized spacial score (nSPS) is 11.0. The molecule has 3 aromatic rings. The smallest absolute Gasteiger partial charge is 0.274 e. The fourth-order valence-corrected chi connectivity index (χ4v) is 2.78. The summed E-state index contributed by atoms with van der Waals surface area (Å²) in [6, 6.07) is 5.44. The summed E-state index contributed by atoms with van der Waals surface area (Å²) >= 11 is 11.8. The van der Waals surface area contributed by atoms with Crippen molar-refractivity contribution in [3.8, 4) is 0 Å². The Morgan fingerprint density at radius 1 is 1.20 bits per heavy atom. The van der Waals surface area contributed by atoms with E-state index in [9.17, 15) is 4.79 Å². The predicted molar refractivity (Wildman–Crippen MR) is 97.5 cm³/mol. The largest absolute Gasteiger partial charge is 0.382 e. The number of nitrogens with one attached hydrogen (secondary N) is 1. The zero-order valence-electron chi connectivity index (χ0n) is 13.3. The summed E-state index contributed by atoms with van der Waals surface area (Å²) in [4.78, 5) is 24.5. The second-order valence-electron chi connectivity index (χ2n) is 5.22. The van der Waals surface area contributed by atoms with Crippen LogP contribution in [0.3, 0.4) is 0 Å². The second kappa shape index (κ2) is 6.73. The number of hydrogen-bond acceptors (Lipinski definition) is 6. The number of nitrogen functional groups attached to an aromatic ring is 2. The lowest BCUT2D eigenvalue weighted by atomic mass is 10.3. The van der Waals surface area contributed by atoms with E-state index in [0.29, 0.717) is 17.4 Å². The number of fused-ring (bicyclic) bond motifs is 1. The minimum absolute atomic E-state index is 0.0274. The number of carbonyl (C=O) groups excluding carboxylic acids is 1. The number of benzene rings is 1. The van der Waals surface area contributed by atoms with E-state index in [4.69, 9.17) is 34.7 Å². The van der Waals surface area contributed by atoms with E-state index >= 15 is 0 Å². The van der Waals surface area contributed by atoms with Crippen molar-refractivity contribution in [2.75, 3.05) is 11.5 Å². The quantitative estimate of drug-likeness (QED) is 0.638. The Labute approximate surface area is 153 Å². The highest BCUT2D eigenvalue weighted by Crippen LogP contribution is 2.21. The lowest BCUT2D eigenvalue weighted by Gasteiger charge is -2.09. The van der Waals surface area contributed by atoms with Gasteiger partial charge in [-0.15, -0.1) is 0 Å². The number of carbonyl (C=O) groups is 1. The third-order valence-electron chi connectivity index (χ3n) is 3.63. The molecule has 0 radical (unpaired) electrons. The van der Waals surface area contributed by atoms with Crippen LogP contribution in [0.5, 0.6) is 0 Å². The molecule has 0 bridgehead atoms. The van der Waals surface area contributed by atoms with Gasteiger partial charge in [-0.25, -0.2) is 15.0 Å². The van der Waals surface area contributed by atoms with Gasteiger partial charge in [-0.2, -0.15) is 0 Å². The minimum atomic E-state index is -0.514. The molecule has 1 amide bonds. The van der Waals surface area contributed by atoms with E-state index in [0.717, 1.165) is 11.0 Å². The number of anilines is 2. The zero-order chi connectivity index (χ0) is 18.1. The van der Waals surface area contributed by atoms with Crippen molar-refractivity contribution in [3.05, 3.63) is 39.9 Å². The van der Waals surface area contributed by atoms with Crippen LogP contribution in [0.4, 0.5) is 11.6 Å². The molecule has 25 heavy (non-hydrogen) atoms. The molecule has 2 heterocycles. The molecule has 10 heteroatoms. The molecule has 0 saturated heterocycles. The van der Waals surface area contributed by atoms with Crippen LogP contribution in [-0.2, 0) is 13.1 Å². The highest BCUT2D eigenvalue weighted by Gasteiger charge is 2.17. The van der Waals surface area contributed by atoms with Crippen LogP contribution in [0.2, 0.25) is 10.2 Å². The van der Waals surface area contributed by atoms with Gasteiger partial charge in [0.1, 0.15) is 5.82 Å². The predicted octanol–water partition coefficient (Wildman–Crippen LogP) is 2.25. The van der Waals surface area contributed by atoms with E-state index in [1.54, 1.807) is 6.07 Å². The lowest BCUT2D eigenvalue weighted by Crippen LogP contribution is -2.27. The Morgan fingerprint density at radius 3 is 2.68 bits per heavy atom. The Hall–Kier alpha value is -2.58. The van der Waals surface area contributed by atoms with Crippen molar-refractivity contribution < 1.29 is 4.79 Å². The van der Waals surface area contributed by atoms with E-state index in [1.165, 1.54) is 0 Å². The van der Waals surface area contributed by atoms with Crippen LogP contribution in [-0.4, -0.2) is 25.4 Å². The first-order chi connectivity index (χ1) is 11.9. The molecule has 0 unspecified atom stereocenters. The van der Waals surface area contributed by atoms with Crippen molar-refractivity contribution in [3.63, 3.8) is 0 Å². The number of aryl methyl sites for hydroxylation is 1. The molecule has 0 aliphatic carbocycles. The van der Waals surface area contributed by atoms with Crippen LogP contribution < -0.4 is 16.8 Å². The van der Waals surface area contributed by atoms with Gasteiger partial charge < -0.3 is 21.4 Å². The number of halogens is 2. The van der Waals surface area contributed by atoms with Crippen molar-refractivity contribution in [2.24, 2.45) is 0 Å². The molecule has 0 atom stereocenters. The van der Waals surface area contributed by atoms with Crippen LogP contribution >= 0.6 is 23.2 Å². The van der Waals surface area contributed by atoms with Gasteiger partial charge in [-0.1, -0.05) is 23.2 Å². The SMILES string of the molecule is CCn1c(CNC(=O)c2nc(Cl)c(N)nc2N)nc2ccc(Cl)cc21. The number of rotatable bonds is 4. The molecule has 0 spiro atoms. The molecule has 0 fully saturated rings. The molecule has 8 nitrogen and oxygen atoms in total. The van der Waals surface area contributed by atoms with Gasteiger partial charge in [0, 0.05) is 11.6 Å². The monoisotopic (exact) mass is 379 g/mol. The maximum atomic E-state index is 12.3. The molecular formula is C15H15Cl2N7O. The molecule has 0 aliphatic heterocycles. The maximum Gasteiger partial charge on any atom is 0.274 e. The summed E-state index contributed by atoms with van der Waals surface area (Å²) in [5.74, 6) is 0.0522. The molecular weight excluding hydrogens is 365 g/mol. The van der Waals surface area contributed by atoms with Gasteiger partial charge in [0.2, 0.25) is 0 Å². The standard InChI is InChI=1S/C15H15Cl2N7O/c1-2-24-9-5-7(16)3-4-8(9)21-10(24)6-20-15(25)11-13(18)23-14(19)12(17)22-11/h3-5H,2,6H2,1H3,(H,20,25)(H4,18,19,23). The molecule has 130 valence electrons. The van der Waals surface area contributed by atoms with Gasteiger partial charge in [0.05, 0.1) is 17.6 Å². The van der Waals surface area contributed by atoms with E-state index in [2.05, 4.69) is 20.3 Å². The summed E-state index contributed by atoms with van der Waals surface area (Å²) in [5, 5.41) is 3.26. The summed E-state index contributed by atoms with van der Waals surface area (Å²) < 4.78 is 1.96. The van der Waals surface area contributed by atoms with Crippen molar-refractivity contribution >= 4 is 51.8 Å². The average molecular weight is 380 g/mol. The number of imidazole rings is 1. The number of nitrogens with two attached hydrogens (primary N) is 2. The van der Waals surface area contributed by atoms with Gasteiger partial charge in [0.25, 0.3) is 5.91 Å². The van der Waals surface area contributed by atoms with Crippen LogP contribution in [0.25, 0.3) is 11.0 Å². The van der Waals surface area contributed by atoms with Gasteiger partial charge in [0.15, 0.2) is 22.5 Å². The van der Waals surface area contributed by atoms with Gasteiger partial charge >= 0.3 is 0 Å². The second-order valence-corrected chi connectivity index (χ2v) is 6.02. The van der Waals surface area contributed by atoms with E-state index in [-0.39, 0.29) is 29.0 Å². The number of aromatic nitrogens is 4. The Bertz CT molecular complexity index is 970. The third-order valence-corrected chi connectivity index (χ3v) is 4.15. The molecule has 1 aromatic carbocycles. The van der Waals surface area contributed by atoms with Gasteiger partial charge in [-0.05, 0) is 25.1 Å². The first kappa shape index (κ1) is 17.2. The fraction of sp³-hybridized carbons (Fsp3) is 0.200. The van der Waals surface area contributed by atoms with Crippen molar-refractivity contribution in [1.82, 2.24) is 24.8 Å². The lowest BCUT2D eigenvalue weighted by molar-refractivity contribution is 0.0945. The Kier molecular flexibility index (Phi) is 4.65. The fourth-order valence-electron chi connectivity index (χ4n) is 2.49. The molecule has 0 saturated carbocycles.